The highest BCUT2D eigenvalue weighted by Crippen LogP contribution is 2.32. The molecule has 6 nitrogen and oxygen atoms in total. The zero-order valence-electron chi connectivity index (χ0n) is 15.5. The van der Waals surface area contributed by atoms with Gasteiger partial charge in [-0.2, -0.15) is 5.26 Å². The molecule has 0 fully saturated rings. The molecule has 0 radical (unpaired) electrons. The van der Waals surface area contributed by atoms with Crippen molar-refractivity contribution in [1.29, 1.82) is 5.26 Å². The van der Waals surface area contributed by atoms with Crippen molar-refractivity contribution in [1.82, 2.24) is 4.57 Å². The Hall–Kier alpha value is -3.11. The van der Waals surface area contributed by atoms with Crippen molar-refractivity contribution < 1.29 is 9.53 Å². The average Bonchev–Trinajstić information content (AvgIpc) is 2.90. The number of aromatic nitrogens is 1. The van der Waals surface area contributed by atoms with Crippen LogP contribution in [-0.2, 0) is 11.3 Å². The predicted octanol–water partition coefficient (Wildman–Crippen LogP) is 3.51. The molecular weight excluding hydrogens is 362 g/mol. The molecule has 1 aromatic carbocycles. The largest absolute Gasteiger partial charge is 0.495 e. The number of nitrogens with zero attached hydrogens (tertiary/aromatic N) is 2. The second-order valence-electron chi connectivity index (χ2n) is 6.26. The molecule has 2 heterocycles. The van der Waals surface area contributed by atoms with E-state index in [1.807, 2.05) is 32.9 Å². The summed E-state index contributed by atoms with van der Waals surface area (Å²) in [4.78, 5) is 26.2. The molecule has 3 aromatic rings. The Kier molecular flexibility index (Phi) is 5.02. The molecule has 0 saturated heterocycles. The summed E-state index contributed by atoms with van der Waals surface area (Å²) in [6.45, 7) is 5.43. The molecule has 138 valence electrons. The lowest BCUT2D eigenvalue weighted by Crippen LogP contribution is -2.28. The molecule has 1 N–H and O–H groups in total. The SMILES string of the molecule is COc1cccc2c(C)cc(=O)n(CC(=O)Nc3sc(C)c(C)c3C#N)c12. The number of aryl methyl sites for hydroxylation is 2. The van der Waals surface area contributed by atoms with Crippen LogP contribution in [0.3, 0.4) is 0 Å². The van der Waals surface area contributed by atoms with Crippen molar-refractivity contribution in [3.05, 3.63) is 56.2 Å². The van der Waals surface area contributed by atoms with Gasteiger partial charge in [-0.1, -0.05) is 12.1 Å². The number of fused-ring (bicyclic) bond motifs is 1. The molecule has 2 aromatic heterocycles. The molecule has 0 aliphatic heterocycles. The van der Waals surface area contributed by atoms with Crippen LogP contribution >= 0.6 is 11.3 Å². The molecule has 0 spiro atoms. The number of para-hydroxylation sites is 1. The van der Waals surface area contributed by atoms with Gasteiger partial charge in [-0.3, -0.25) is 14.2 Å². The van der Waals surface area contributed by atoms with Crippen LogP contribution in [0.5, 0.6) is 5.75 Å². The number of anilines is 1. The van der Waals surface area contributed by atoms with Crippen molar-refractivity contribution in [2.45, 2.75) is 27.3 Å². The maximum atomic E-state index is 12.6. The van der Waals surface area contributed by atoms with Crippen LogP contribution in [0.25, 0.3) is 10.9 Å². The highest BCUT2D eigenvalue weighted by Gasteiger charge is 2.17. The molecular formula is C20H19N3O3S. The van der Waals surface area contributed by atoms with Gasteiger partial charge in [0, 0.05) is 16.3 Å². The molecule has 27 heavy (non-hydrogen) atoms. The number of carbonyl (C=O) groups excluding carboxylic acids is 1. The number of carbonyl (C=O) groups is 1. The van der Waals surface area contributed by atoms with Gasteiger partial charge in [-0.25, -0.2) is 0 Å². The quantitative estimate of drug-likeness (QED) is 0.749. The van der Waals surface area contributed by atoms with E-state index in [-0.39, 0.29) is 18.0 Å². The van der Waals surface area contributed by atoms with Gasteiger partial charge in [0.15, 0.2) is 0 Å². The van der Waals surface area contributed by atoms with Crippen LogP contribution in [0.4, 0.5) is 5.00 Å². The number of pyridine rings is 1. The van der Waals surface area contributed by atoms with Crippen LogP contribution in [0.1, 0.15) is 21.6 Å². The summed E-state index contributed by atoms with van der Waals surface area (Å²) in [5.74, 6) is 0.160. The first kappa shape index (κ1) is 18.7. The highest BCUT2D eigenvalue weighted by molar-refractivity contribution is 7.16. The van der Waals surface area contributed by atoms with E-state index in [1.54, 1.807) is 6.07 Å². The third-order valence-electron chi connectivity index (χ3n) is 4.57. The number of amides is 1. The predicted molar refractivity (Wildman–Crippen MR) is 107 cm³/mol. The van der Waals surface area contributed by atoms with Gasteiger partial charge in [0.2, 0.25) is 5.91 Å². The Morgan fingerprint density at radius 2 is 2.07 bits per heavy atom. The molecule has 0 atom stereocenters. The number of thiophene rings is 1. The maximum absolute atomic E-state index is 12.6. The molecule has 3 rings (SSSR count). The van der Waals surface area contributed by atoms with Crippen LogP contribution in [-0.4, -0.2) is 17.6 Å². The van der Waals surface area contributed by atoms with E-state index in [4.69, 9.17) is 4.74 Å². The number of rotatable bonds is 4. The first-order chi connectivity index (χ1) is 12.9. The number of nitriles is 1. The number of methoxy groups -OCH3 is 1. The number of nitrogens with one attached hydrogen (secondary N) is 1. The molecule has 0 unspecified atom stereocenters. The van der Waals surface area contributed by atoms with E-state index in [0.29, 0.717) is 21.8 Å². The molecule has 0 aliphatic rings. The molecule has 7 heteroatoms. The fraction of sp³-hybridized carbons (Fsp3) is 0.250. The van der Waals surface area contributed by atoms with Gasteiger partial charge in [-0.15, -0.1) is 11.3 Å². The minimum Gasteiger partial charge on any atom is -0.495 e. The molecule has 0 bridgehead atoms. The summed E-state index contributed by atoms with van der Waals surface area (Å²) in [7, 11) is 1.53. The fourth-order valence-electron chi connectivity index (χ4n) is 3.05. The topological polar surface area (TPSA) is 84.1 Å². The van der Waals surface area contributed by atoms with E-state index in [9.17, 15) is 14.9 Å². The van der Waals surface area contributed by atoms with Crippen LogP contribution < -0.4 is 15.6 Å². The van der Waals surface area contributed by atoms with E-state index < -0.39 is 0 Å². The Bertz CT molecular complexity index is 1150. The Morgan fingerprint density at radius 1 is 1.33 bits per heavy atom. The van der Waals surface area contributed by atoms with Gasteiger partial charge >= 0.3 is 0 Å². The lowest BCUT2D eigenvalue weighted by atomic mass is 10.1. The third kappa shape index (κ3) is 3.32. The number of hydrogen-bond donors (Lipinski definition) is 1. The van der Waals surface area contributed by atoms with Crippen molar-refractivity contribution in [3.63, 3.8) is 0 Å². The fourth-order valence-corrected chi connectivity index (χ4v) is 4.08. The second-order valence-corrected chi connectivity index (χ2v) is 7.48. The van der Waals surface area contributed by atoms with Crippen molar-refractivity contribution in [2.24, 2.45) is 0 Å². The standard InChI is InChI=1S/C20H19N3O3S/c1-11-8-18(25)23(19-14(11)6-5-7-16(19)26-4)10-17(24)22-20-15(9-21)12(2)13(3)27-20/h5-8H,10H2,1-4H3,(H,22,24). The average molecular weight is 381 g/mol. The van der Waals surface area contributed by atoms with Crippen LogP contribution in [0, 0.1) is 32.1 Å². The van der Waals surface area contributed by atoms with Crippen LogP contribution in [0.2, 0.25) is 0 Å². The molecule has 0 aliphatic carbocycles. The normalized spacial score (nSPS) is 10.6. The number of ether oxygens (including phenoxy) is 1. The van der Waals surface area contributed by atoms with E-state index in [2.05, 4.69) is 11.4 Å². The summed E-state index contributed by atoms with van der Waals surface area (Å²) in [5, 5.41) is 13.5. The monoisotopic (exact) mass is 381 g/mol. The summed E-state index contributed by atoms with van der Waals surface area (Å²) in [6.07, 6.45) is 0. The van der Waals surface area contributed by atoms with Gasteiger partial charge < -0.3 is 10.1 Å². The first-order valence-corrected chi connectivity index (χ1v) is 9.16. The zero-order valence-corrected chi connectivity index (χ0v) is 16.4. The maximum Gasteiger partial charge on any atom is 0.251 e. The Labute approximate surface area is 160 Å². The summed E-state index contributed by atoms with van der Waals surface area (Å²) >= 11 is 1.36. The van der Waals surface area contributed by atoms with Gasteiger partial charge in [0.25, 0.3) is 5.56 Å². The first-order valence-electron chi connectivity index (χ1n) is 8.34. The van der Waals surface area contributed by atoms with Crippen molar-refractivity contribution >= 4 is 33.1 Å². The van der Waals surface area contributed by atoms with Gasteiger partial charge in [0.05, 0.1) is 18.2 Å². The van der Waals surface area contributed by atoms with E-state index >= 15 is 0 Å². The highest BCUT2D eigenvalue weighted by atomic mass is 32.1. The minimum atomic E-state index is -0.370. The zero-order chi connectivity index (χ0) is 19.7. The Morgan fingerprint density at radius 3 is 2.74 bits per heavy atom. The van der Waals surface area contributed by atoms with E-state index in [1.165, 1.54) is 29.1 Å². The Balaban J connectivity index is 2.02. The van der Waals surface area contributed by atoms with E-state index in [0.717, 1.165) is 21.4 Å². The summed E-state index contributed by atoms with van der Waals surface area (Å²) in [5.41, 5.74) is 2.45. The lowest BCUT2D eigenvalue weighted by molar-refractivity contribution is -0.116. The smallest absolute Gasteiger partial charge is 0.251 e. The summed E-state index contributed by atoms with van der Waals surface area (Å²) < 4.78 is 6.80. The summed E-state index contributed by atoms with van der Waals surface area (Å²) in [6, 6.07) is 9.13. The third-order valence-corrected chi connectivity index (χ3v) is 5.69. The van der Waals surface area contributed by atoms with Gasteiger partial charge in [0.1, 0.15) is 23.4 Å². The van der Waals surface area contributed by atoms with Crippen molar-refractivity contribution in [3.8, 4) is 11.8 Å². The van der Waals surface area contributed by atoms with Crippen LogP contribution in [0.15, 0.2) is 29.1 Å². The minimum absolute atomic E-state index is 0.170. The lowest BCUT2D eigenvalue weighted by Gasteiger charge is -2.14. The number of hydrogen-bond acceptors (Lipinski definition) is 5. The second kappa shape index (κ2) is 7.25. The molecule has 0 saturated carbocycles. The molecule has 1 amide bonds. The number of benzene rings is 1. The van der Waals surface area contributed by atoms with Gasteiger partial charge in [-0.05, 0) is 38.0 Å². The van der Waals surface area contributed by atoms with Crippen molar-refractivity contribution in [2.75, 3.05) is 12.4 Å².